The minimum absolute atomic E-state index is 0.00837. The van der Waals surface area contributed by atoms with Gasteiger partial charge in [-0.15, -0.1) is 0 Å². The number of hydrogen-bond acceptors (Lipinski definition) is 5. The van der Waals surface area contributed by atoms with Gasteiger partial charge in [0, 0.05) is 54.1 Å². The zero-order valence-electron chi connectivity index (χ0n) is 18.3. The monoisotopic (exact) mass is 417 g/mol. The molecule has 1 aromatic carbocycles. The van der Waals surface area contributed by atoms with Crippen LogP contribution in [-0.4, -0.2) is 36.5 Å². The van der Waals surface area contributed by atoms with Gasteiger partial charge in [-0.2, -0.15) is 5.10 Å². The van der Waals surface area contributed by atoms with Crippen LogP contribution in [0.25, 0.3) is 33.1 Å². The quantitative estimate of drug-likeness (QED) is 0.520. The molecule has 31 heavy (non-hydrogen) atoms. The molecule has 1 saturated heterocycles. The number of benzene rings is 1. The first-order valence-electron chi connectivity index (χ1n) is 10.8. The number of fused-ring (bicyclic) bond motifs is 2. The van der Waals surface area contributed by atoms with Crippen molar-refractivity contribution in [3.63, 3.8) is 0 Å². The number of hydrogen-bond donors (Lipinski definition) is 2. The van der Waals surface area contributed by atoms with Gasteiger partial charge in [-0.25, -0.2) is 4.98 Å². The number of piperidine rings is 1. The average molecular weight is 418 g/mol. The molecule has 0 saturated carbocycles. The van der Waals surface area contributed by atoms with Crippen LogP contribution in [-0.2, 0) is 7.05 Å². The number of aryl methyl sites for hydroxylation is 2. The van der Waals surface area contributed by atoms with E-state index in [-0.39, 0.29) is 17.4 Å². The fourth-order valence-corrected chi connectivity index (χ4v) is 4.98. The summed E-state index contributed by atoms with van der Waals surface area (Å²) in [7, 11) is 1.86. The minimum Gasteiger partial charge on any atom is -0.507 e. The first-order valence-corrected chi connectivity index (χ1v) is 10.8. The molecule has 0 radical (unpaired) electrons. The molecule has 0 unspecified atom stereocenters. The van der Waals surface area contributed by atoms with Gasteiger partial charge in [-0.1, -0.05) is 0 Å². The highest BCUT2D eigenvalue weighted by molar-refractivity contribution is 5.91. The lowest BCUT2D eigenvalue weighted by Crippen LogP contribution is -2.44. The van der Waals surface area contributed by atoms with Gasteiger partial charge in [0.1, 0.15) is 5.75 Å². The molecule has 7 nitrogen and oxygen atoms in total. The van der Waals surface area contributed by atoms with E-state index in [4.69, 9.17) is 4.98 Å². The van der Waals surface area contributed by atoms with E-state index in [0.29, 0.717) is 34.2 Å². The van der Waals surface area contributed by atoms with Crippen molar-refractivity contribution in [1.82, 2.24) is 24.6 Å². The summed E-state index contributed by atoms with van der Waals surface area (Å²) in [5.41, 5.74) is 3.41. The number of pyridine rings is 2. The predicted octanol–water partition coefficient (Wildman–Crippen LogP) is 3.67. The van der Waals surface area contributed by atoms with E-state index in [2.05, 4.69) is 24.3 Å². The number of aromatic hydroxyl groups is 1. The minimum atomic E-state index is -0.00837. The van der Waals surface area contributed by atoms with E-state index in [0.717, 1.165) is 29.3 Å². The molecule has 1 fully saturated rings. The van der Waals surface area contributed by atoms with E-state index < -0.39 is 0 Å². The highest BCUT2D eigenvalue weighted by Gasteiger charge is 2.25. The van der Waals surface area contributed by atoms with E-state index in [1.165, 1.54) is 0 Å². The van der Waals surface area contributed by atoms with E-state index in [1.807, 2.05) is 55.2 Å². The lowest BCUT2D eigenvalue weighted by atomic mass is 9.95. The van der Waals surface area contributed by atoms with Gasteiger partial charge >= 0.3 is 0 Å². The van der Waals surface area contributed by atoms with Crippen molar-refractivity contribution in [3.05, 3.63) is 52.6 Å². The summed E-state index contributed by atoms with van der Waals surface area (Å²) < 4.78 is 3.60. The Kier molecular flexibility index (Phi) is 4.59. The van der Waals surface area contributed by atoms with E-state index in [9.17, 15) is 9.90 Å². The van der Waals surface area contributed by atoms with Gasteiger partial charge in [0.2, 0.25) is 0 Å². The molecule has 3 aromatic heterocycles. The fraction of sp³-hybridized carbons (Fsp3) is 0.375. The van der Waals surface area contributed by atoms with Crippen molar-refractivity contribution in [2.75, 3.05) is 0 Å². The topological polar surface area (TPSA) is 85.0 Å². The first-order chi connectivity index (χ1) is 14.8. The Labute approximate surface area is 180 Å². The Morgan fingerprint density at radius 1 is 1.16 bits per heavy atom. The summed E-state index contributed by atoms with van der Waals surface area (Å²) >= 11 is 0. The highest BCUT2D eigenvalue weighted by atomic mass is 16.3. The summed E-state index contributed by atoms with van der Waals surface area (Å²) in [5.74, 6) is 0.170. The van der Waals surface area contributed by atoms with Crippen LogP contribution in [0.1, 0.15) is 38.3 Å². The summed E-state index contributed by atoms with van der Waals surface area (Å²) in [6.45, 7) is 6.18. The summed E-state index contributed by atoms with van der Waals surface area (Å²) in [6.07, 6.45) is 5.65. The van der Waals surface area contributed by atoms with Gasteiger partial charge in [0.25, 0.3) is 5.56 Å². The highest BCUT2D eigenvalue weighted by Crippen LogP contribution is 2.36. The molecule has 1 aliphatic rings. The molecule has 1 aliphatic heterocycles. The van der Waals surface area contributed by atoms with Gasteiger partial charge in [-0.3, -0.25) is 9.48 Å². The molecule has 5 rings (SSSR count). The second-order valence-corrected chi connectivity index (χ2v) is 8.89. The van der Waals surface area contributed by atoms with Crippen molar-refractivity contribution in [1.29, 1.82) is 0 Å². The largest absolute Gasteiger partial charge is 0.507 e. The number of phenols is 1. The van der Waals surface area contributed by atoms with Crippen LogP contribution < -0.4 is 10.9 Å². The molecule has 3 atom stereocenters. The van der Waals surface area contributed by atoms with Crippen molar-refractivity contribution >= 4 is 21.8 Å². The van der Waals surface area contributed by atoms with Crippen molar-refractivity contribution in [2.24, 2.45) is 7.05 Å². The van der Waals surface area contributed by atoms with Crippen LogP contribution in [0.2, 0.25) is 0 Å². The molecule has 0 bridgehead atoms. The van der Waals surface area contributed by atoms with Crippen LogP contribution in [0, 0.1) is 6.92 Å². The van der Waals surface area contributed by atoms with Crippen LogP contribution in [0.4, 0.5) is 0 Å². The standard InChI is InChI=1S/C24H27N5O2/c1-13-9-17(10-14(2)25-13)29-8-7-21-18(24(29)31)5-6-20(26-21)19-11-16-12-28(4)27-22(16)15(3)23(19)30/h5-8,11-14,17,25,30H,9-10H2,1-4H3/t13-,14+,17-. The third-order valence-electron chi connectivity index (χ3n) is 6.39. The maximum absolute atomic E-state index is 13.2. The van der Waals surface area contributed by atoms with Crippen molar-refractivity contribution < 1.29 is 5.11 Å². The molecule has 160 valence electrons. The van der Waals surface area contributed by atoms with Crippen LogP contribution in [0.3, 0.4) is 0 Å². The van der Waals surface area contributed by atoms with Gasteiger partial charge < -0.3 is 15.0 Å². The Hall–Kier alpha value is -3.19. The molecule has 0 spiro atoms. The number of rotatable bonds is 2. The van der Waals surface area contributed by atoms with Crippen molar-refractivity contribution in [2.45, 2.75) is 51.7 Å². The van der Waals surface area contributed by atoms with Gasteiger partial charge in [-0.05, 0) is 57.9 Å². The molecule has 0 aliphatic carbocycles. The van der Waals surface area contributed by atoms with E-state index in [1.54, 1.807) is 4.68 Å². The number of phenolic OH excluding ortho intramolecular Hbond substituents is 1. The number of nitrogens with zero attached hydrogens (tertiary/aromatic N) is 4. The zero-order valence-corrected chi connectivity index (χ0v) is 18.3. The van der Waals surface area contributed by atoms with Crippen molar-refractivity contribution in [3.8, 4) is 17.0 Å². The van der Waals surface area contributed by atoms with Gasteiger partial charge in [0.15, 0.2) is 0 Å². The second-order valence-electron chi connectivity index (χ2n) is 8.89. The zero-order chi connectivity index (χ0) is 21.9. The average Bonchev–Trinajstić information content (AvgIpc) is 3.10. The predicted molar refractivity (Wildman–Crippen MR) is 122 cm³/mol. The smallest absolute Gasteiger partial charge is 0.260 e. The molecule has 7 heteroatoms. The van der Waals surface area contributed by atoms with Crippen LogP contribution >= 0.6 is 0 Å². The number of aromatic nitrogens is 4. The normalized spacial score (nSPS) is 21.7. The molecule has 4 aromatic rings. The van der Waals surface area contributed by atoms with E-state index >= 15 is 0 Å². The lowest BCUT2D eigenvalue weighted by molar-refractivity contribution is 0.260. The maximum Gasteiger partial charge on any atom is 0.260 e. The third-order valence-corrected chi connectivity index (χ3v) is 6.39. The SMILES string of the molecule is Cc1c(O)c(-c2ccc3c(=O)n([C@@H]4C[C@@H](C)N[C@@H](C)C4)ccc3n2)cc2cn(C)nc12. The fourth-order valence-electron chi connectivity index (χ4n) is 4.98. The third kappa shape index (κ3) is 3.29. The van der Waals surface area contributed by atoms with Crippen LogP contribution in [0.15, 0.2) is 41.5 Å². The Balaban J connectivity index is 1.60. The van der Waals surface area contributed by atoms with Gasteiger partial charge in [0.05, 0.1) is 22.1 Å². The lowest BCUT2D eigenvalue weighted by Gasteiger charge is -2.34. The Morgan fingerprint density at radius 2 is 1.90 bits per heavy atom. The molecule has 0 amide bonds. The maximum atomic E-state index is 13.2. The molecular weight excluding hydrogens is 390 g/mol. The number of nitrogens with one attached hydrogen (secondary N) is 1. The molecule has 4 heterocycles. The second kappa shape index (κ2) is 7.20. The molecule has 2 N–H and O–H groups in total. The Bertz CT molecular complexity index is 1360. The van der Waals surface area contributed by atoms with Crippen LogP contribution in [0.5, 0.6) is 5.75 Å². The first kappa shape index (κ1) is 19.8. The Morgan fingerprint density at radius 3 is 2.65 bits per heavy atom. The molecular formula is C24H27N5O2. The summed E-state index contributed by atoms with van der Waals surface area (Å²) in [5, 5.41) is 20.3. The summed E-state index contributed by atoms with van der Waals surface area (Å²) in [4.78, 5) is 18.0. The summed E-state index contributed by atoms with van der Waals surface area (Å²) in [6, 6.07) is 8.39.